The van der Waals surface area contributed by atoms with Gasteiger partial charge in [-0.25, -0.2) is 0 Å². The van der Waals surface area contributed by atoms with Crippen LogP contribution in [0.5, 0.6) is 0 Å². The lowest BCUT2D eigenvalue weighted by Gasteiger charge is -2.15. The maximum absolute atomic E-state index is 5.04. The minimum Gasteiger partial charge on any atom is -0.469 e. The molecule has 0 saturated carbocycles. The summed E-state index contributed by atoms with van der Waals surface area (Å²) in [5.41, 5.74) is 1.19. The lowest BCUT2D eigenvalue weighted by molar-refractivity contribution is 0.383. The molecule has 1 heterocycles. The zero-order valence-corrected chi connectivity index (χ0v) is 8.19. The SMILES string of the molecule is C[P+](C)(C)CC1=COC=CN1. The van der Waals surface area contributed by atoms with E-state index >= 15 is 0 Å². The van der Waals surface area contributed by atoms with Crippen molar-refractivity contribution in [3.8, 4) is 0 Å². The minimum absolute atomic E-state index is 0.729. The van der Waals surface area contributed by atoms with Crippen molar-refractivity contribution >= 4 is 7.26 Å². The average Bonchev–Trinajstić information content (AvgIpc) is 1.85. The van der Waals surface area contributed by atoms with Crippen LogP contribution < -0.4 is 5.32 Å². The van der Waals surface area contributed by atoms with E-state index in [4.69, 9.17) is 4.74 Å². The smallest absolute Gasteiger partial charge is 0.113 e. The third-order valence-corrected chi connectivity index (χ3v) is 2.56. The van der Waals surface area contributed by atoms with E-state index in [9.17, 15) is 0 Å². The van der Waals surface area contributed by atoms with Crippen LogP contribution in [0.3, 0.4) is 0 Å². The van der Waals surface area contributed by atoms with E-state index in [1.807, 2.05) is 6.20 Å². The molecule has 1 aliphatic heterocycles. The molecule has 0 radical (unpaired) electrons. The van der Waals surface area contributed by atoms with E-state index in [0.717, 1.165) is 6.16 Å². The van der Waals surface area contributed by atoms with Gasteiger partial charge in [0.25, 0.3) is 0 Å². The molecule has 0 aromatic heterocycles. The van der Waals surface area contributed by atoms with Gasteiger partial charge in [-0.2, -0.15) is 0 Å². The second kappa shape index (κ2) is 3.27. The molecular formula is C8H15NOP+. The number of ether oxygens (including phenoxy) is 1. The topological polar surface area (TPSA) is 21.3 Å². The van der Waals surface area contributed by atoms with Crippen LogP contribution in [0.4, 0.5) is 0 Å². The standard InChI is InChI=1S/C8H15NOP/c1-11(2,3)7-8-6-10-5-4-9-8/h4-6,9H,7H2,1-3H3/q+1. The Hall–Kier alpha value is -0.490. The van der Waals surface area contributed by atoms with E-state index in [1.165, 1.54) is 5.70 Å². The monoisotopic (exact) mass is 172 g/mol. The molecule has 1 N–H and O–H groups in total. The largest absolute Gasteiger partial charge is 0.469 e. The van der Waals surface area contributed by atoms with Gasteiger partial charge in [-0.1, -0.05) is 0 Å². The van der Waals surface area contributed by atoms with Crippen LogP contribution in [0.2, 0.25) is 0 Å². The molecule has 1 rings (SSSR count). The summed E-state index contributed by atoms with van der Waals surface area (Å²) >= 11 is 0. The molecule has 3 heteroatoms. The number of rotatable bonds is 2. The first-order valence-corrected chi connectivity index (χ1v) is 6.96. The van der Waals surface area contributed by atoms with Gasteiger partial charge in [0.2, 0.25) is 0 Å². The molecule has 1 aliphatic rings. The molecular weight excluding hydrogens is 157 g/mol. The summed E-state index contributed by atoms with van der Waals surface area (Å²) in [6, 6.07) is 0. The Morgan fingerprint density at radius 3 is 2.64 bits per heavy atom. The Labute approximate surface area is 68.7 Å². The van der Waals surface area contributed by atoms with Gasteiger partial charge in [0, 0.05) is 33.5 Å². The summed E-state index contributed by atoms with van der Waals surface area (Å²) in [5.74, 6) is 0. The van der Waals surface area contributed by atoms with Crippen molar-refractivity contribution in [3.05, 3.63) is 24.4 Å². The molecule has 0 aliphatic carbocycles. The summed E-state index contributed by atoms with van der Waals surface area (Å²) < 4.78 is 5.04. The Morgan fingerprint density at radius 2 is 2.18 bits per heavy atom. The number of nitrogens with one attached hydrogen (secondary N) is 1. The number of allylic oxidation sites excluding steroid dienone is 1. The highest BCUT2D eigenvalue weighted by Gasteiger charge is 2.19. The number of hydrogen-bond donors (Lipinski definition) is 1. The Morgan fingerprint density at radius 1 is 1.45 bits per heavy atom. The molecule has 0 unspecified atom stereocenters. The number of hydrogen-bond acceptors (Lipinski definition) is 2. The van der Waals surface area contributed by atoms with Crippen LogP contribution in [-0.2, 0) is 4.74 Å². The molecule has 0 saturated heterocycles. The van der Waals surface area contributed by atoms with Crippen LogP contribution in [0, 0.1) is 0 Å². The molecule has 2 nitrogen and oxygen atoms in total. The third-order valence-electron chi connectivity index (χ3n) is 1.27. The molecule has 0 aromatic carbocycles. The Bertz CT molecular complexity index is 191. The van der Waals surface area contributed by atoms with Crippen molar-refractivity contribution in [2.75, 3.05) is 26.2 Å². The molecule has 0 amide bonds. The van der Waals surface area contributed by atoms with E-state index < -0.39 is 7.26 Å². The fourth-order valence-electron chi connectivity index (χ4n) is 0.930. The molecule has 0 atom stereocenters. The van der Waals surface area contributed by atoms with Crippen molar-refractivity contribution in [1.29, 1.82) is 0 Å². The van der Waals surface area contributed by atoms with Gasteiger partial charge >= 0.3 is 0 Å². The lowest BCUT2D eigenvalue weighted by Crippen LogP contribution is -2.13. The van der Waals surface area contributed by atoms with Crippen molar-refractivity contribution in [2.45, 2.75) is 0 Å². The van der Waals surface area contributed by atoms with Gasteiger partial charge in [0.15, 0.2) is 0 Å². The molecule has 0 fully saturated rings. The van der Waals surface area contributed by atoms with Gasteiger partial charge in [0.1, 0.15) is 18.7 Å². The highest BCUT2D eigenvalue weighted by molar-refractivity contribution is 7.73. The predicted octanol–water partition coefficient (Wildman–Crippen LogP) is 1.83. The van der Waals surface area contributed by atoms with Gasteiger partial charge in [0.05, 0.1) is 5.70 Å². The second-order valence-electron chi connectivity index (χ2n) is 3.67. The maximum Gasteiger partial charge on any atom is 0.113 e. The Kier molecular flexibility index (Phi) is 2.56. The first kappa shape index (κ1) is 8.61. The van der Waals surface area contributed by atoms with E-state index in [0.29, 0.717) is 0 Å². The summed E-state index contributed by atoms with van der Waals surface area (Å²) in [6.07, 6.45) is 6.37. The lowest BCUT2D eigenvalue weighted by atomic mass is 10.5. The van der Waals surface area contributed by atoms with Gasteiger partial charge in [-0.05, 0) is 0 Å². The van der Waals surface area contributed by atoms with Gasteiger partial charge in [-0.3, -0.25) is 0 Å². The van der Waals surface area contributed by atoms with E-state index in [2.05, 4.69) is 25.3 Å². The zero-order valence-electron chi connectivity index (χ0n) is 7.29. The predicted molar refractivity (Wildman–Crippen MR) is 51.0 cm³/mol. The molecule has 0 spiro atoms. The fourth-order valence-corrected chi connectivity index (χ4v) is 2.12. The fraction of sp³-hybridized carbons (Fsp3) is 0.500. The highest BCUT2D eigenvalue weighted by atomic mass is 31.2. The highest BCUT2D eigenvalue weighted by Crippen LogP contribution is 2.47. The molecule has 62 valence electrons. The summed E-state index contributed by atoms with van der Waals surface area (Å²) in [7, 11) is -0.729. The first-order chi connectivity index (χ1) is 5.08. The Balaban J connectivity index is 2.44. The summed E-state index contributed by atoms with van der Waals surface area (Å²) in [5, 5.41) is 3.16. The zero-order chi connectivity index (χ0) is 8.32. The maximum atomic E-state index is 5.04. The van der Waals surface area contributed by atoms with Crippen molar-refractivity contribution in [3.63, 3.8) is 0 Å². The van der Waals surface area contributed by atoms with Crippen LogP contribution in [0.1, 0.15) is 0 Å². The summed E-state index contributed by atoms with van der Waals surface area (Å²) in [6.45, 7) is 6.94. The van der Waals surface area contributed by atoms with Gasteiger partial charge in [-0.15, -0.1) is 0 Å². The molecule has 0 bridgehead atoms. The van der Waals surface area contributed by atoms with Crippen LogP contribution in [0.25, 0.3) is 0 Å². The van der Waals surface area contributed by atoms with Crippen molar-refractivity contribution in [1.82, 2.24) is 5.32 Å². The molecule has 0 aromatic rings. The van der Waals surface area contributed by atoms with Gasteiger partial charge < -0.3 is 10.1 Å². The van der Waals surface area contributed by atoms with Crippen molar-refractivity contribution in [2.24, 2.45) is 0 Å². The van der Waals surface area contributed by atoms with Crippen molar-refractivity contribution < 1.29 is 4.74 Å². The van der Waals surface area contributed by atoms with Crippen LogP contribution >= 0.6 is 7.26 Å². The average molecular weight is 172 g/mol. The van der Waals surface area contributed by atoms with Crippen LogP contribution in [-0.4, -0.2) is 26.2 Å². The third kappa shape index (κ3) is 3.43. The minimum atomic E-state index is -0.729. The quantitative estimate of drug-likeness (QED) is 0.641. The molecule has 11 heavy (non-hydrogen) atoms. The first-order valence-electron chi connectivity index (χ1n) is 3.64. The van der Waals surface area contributed by atoms with E-state index in [1.54, 1.807) is 12.5 Å². The normalized spacial score (nSPS) is 16.8. The second-order valence-corrected chi connectivity index (χ2v) is 8.57. The summed E-state index contributed by atoms with van der Waals surface area (Å²) in [4.78, 5) is 0. The van der Waals surface area contributed by atoms with Crippen LogP contribution in [0.15, 0.2) is 24.4 Å². The van der Waals surface area contributed by atoms with E-state index in [-0.39, 0.29) is 0 Å².